The van der Waals surface area contributed by atoms with E-state index in [9.17, 15) is 9.59 Å². The van der Waals surface area contributed by atoms with Crippen LogP contribution in [0, 0.1) is 13.8 Å². The number of aryl methyl sites for hydroxylation is 2. The lowest BCUT2D eigenvalue weighted by Gasteiger charge is -2.24. The molecule has 1 N–H and O–H groups in total. The molecule has 3 rings (SSSR count). The van der Waals surface area contributed by atoms with E-state index in [-0.39, 0.29) is 11.8 Å². The Labute approximate surface area is 142 Å². The van der Waals surface area contributed by atoms with Crippen LogP contribution < -0.4 is 5.32 Å². The highest BCUT2D eigenvalue weighted by molar-refractivity contribution is 6.01. The Kier molecular flexibility index (Phi) is 4.65. The first-order chi connectivity index (χ1) is 11.5. The number of likely N-dealkylation sites (tertiary alicyclic amines) is 1. The molecule has 0 aliphatic carbocycles. The Bertz CT molecular complexity index is 752. The molecule has 1 saturated heterocycles. The monoisotopic (exact) mass is 322 g/mol. The molecule has 4 nitrogen and oxygen atoms in total. The van der Waals surface area contributed by atoms with Crippen LogP contribution in [0.1, 0.15) is 34.3 Å². The number of nitrogens with zero attached hydrogens (tertiary/aromatic N) is 1. The maximum Gasteiger partial charge on any atom is 0.254 e. The molecule has 0 spiro atoms. The second kappa shape index (κ2) is 6.87. The highest BCUT2D eigenvalue weighted by atomic mass is 16.2. The molecule has 1 atom stereocenters. The van der Waals surface area contributed by atoms with Crippen molar-refractivity contribution >= 4 is 17.5 Å². The second-order valence-electron chi connectivity index (χ2n) is 6.38. The molecule has 1 fully saturated rings. The summed E-state index contributed by atoms with van der Waals surface area (Å²) < 4.78 is 0. The minimum atomic E-state index is -0.403. The molecule has 1 aliphatic heterocycles. The fraction of sp³-hybridized carbons (Fsp3) is 0.300. The van der Waals surface area contributed by atoms with Crippen molar-refractivity contribution in [2.24, 2.45) is 0 Å². The predicted octanol–water partition coefficient (Wildman–Crippen LogP) is 3.55. The lowest BCUT2D eigenvalue weighted by Crippen LogP contribution is -2.43. The summed E-state index contributed by atoms with van der Waals surface area (Å²) in [5.41, 5.74) is 3.59. The van der Waals surface area contributed by atoms with Crippen LogP contribution >= 0.6 is 0 Å². The summed E-state index contributed by atoms with van der Waals surface area (Å²) >= 11 is 0. The summed E-state index contributed by atoms with van der Waals surface area (Å²) in [6, 6.07) is 14.8. The topological polar surface area (TPSA) is 49.4 Å². The normalized spacial score (nSPS) is 16.9. The van der Waals surface area contributed by atoms with E-state index in [2.05, 4.69) is 5.32 Å². The Morgan fingerprint density at radius 1 is 1.04 bits per heavy atom. The van der Waals surface area contributed by atoms with Crippen molar-refractivity contribution in [3.8, 4) is 0 Å². The van der Waals surface area contributed by atoms with Gasteiger partial charge in [-0.05, 0) is 51.0 Å². The van der Waals surface area contributed by atoms with Gasteiger partial charge in [0.2, 0.25) is 5.91 Å². The fourth-order valence-corrected chi connectivity index (χ4v) is 3.09. The third kappa shape index (κ3) is 3.48. The van der Waals surface area contributed by atoms with Gasteiger partial charge in [0.05, 0.1) is 0 Å². The Balaban J connectivity index is 1.73. The van der Waals surface area contributed by atoms with Gasteiger partial charge in [-0.2, -0.15) is 0 Å². The van der Waals surface area contributed by atoms with Gasteiger partial charge >= 0.3 is 0 Å². The Hall–Kier alpha value is -2.62. The molecule has 2 aromatic rings. The van der Waals surface area contributed by atoms with Crippen molar-refractivity contribution in [1.29, 1.82) is 0 Å². The smallest absolute Gasteiger partial charge is 0.254 e. The van der Waals surface area contributed by atoms with Crippen LogP contribution in [-0.4, -0.2) is 29.3 Å². The van der Waals surface area contributed by atoms with Gasteiger partial charge in [0.15, 0.2) is 0 Å². The molecule has 0 saturated carbocycles. The third-order valence-electron chi connectivity index (χ3n) is 4.40. The first-order valence-electron chi connectivity index (χ1n) is 8.30. The lowest BCUT2D eigenvalue weighted by atomic mass is 10.1. The summed E-state index contributed by atoms with van der Waals surface area (Å²) in [5, 5.41) is 2.93. The average Bonchev–Trinajstić information content (AvgIpc) is 3.06. The highest BCUT2D eigenvalue weighted by Gasteiger charge is 2.34. The van der Waals surface area contributed by atoms with Crippen molar-refractivity contribution < 1.29 is 9.59 Å². The summed E-state index contributed by atoms with van der Waals surface area (Å²) in [5.74, 6) is -0.183. The number of hydrogen-bond donors (Lipinski definition) is 1. The van der Waals surface area contributed by atoms with Crippen LogP contribution in [0.5, 0.6) is 0 Å². The third-order valence-corrected chi connectivity index (χ3v) is 4.40. The van der Waals surface area contributed by atoms with Crippen molar-refractivity contribution in [3.63, 3.8) is 0 Å². The summed E-state index contributed by atoms with van der Waals surface area (Å²) in [7, 11) is 0. The number of hydrogen-bond acceptors (Lipinski definition) is 2. The van der Waals surface area contributed by atoms with Crippen LogP contribution in [0.15, 0.2) is 48.5 Å². The van der Waals surface area contributed by atoms with Gasteiger partial charge in [-0.15, -0.1) is 0 Å². The van der Waals surface area contributed by atoms with Crippen LogP contribution in [0.3, 0.4) is 0 Å². The minimum Gasteiger partial charge on any atom is -0.327 e. The standard InChI is InChI=1S/C20H22N2O2/c1-14-8-10-17(11-9-14)21-19(23)18-7-4-12-22(18)20(24)16-6-3-5-15(2)13-16/h3,5-6,8-11,13,18H,4,7,12H2,1-2H3,(H,21,23). The number of carbonyl (C=O) groups is 2. The van der Waals surface area contributed by atoms with Crippen molar-refractivity contribution in [1.82, 2.24) is 4.90 Å². The molecule has 2 amide bonds. The predicted molar refractivity (Wildman–Crippen MR) is 95.0 cm³/mol. The number of carbonyl (C=O) groups excluding carboxylic acids is 2. The van der Waals surface area contributed by atoms with E-state index in [0.29, 0.717) is 18.5 Å². The fourth-order valence-electron chi connectivity index (χ4n) is 3.09. The molecule has 0 bridgehead atoms. The molecule has 124 valence electrons. The molecule has 2 aromatic carbocycles. The molecule has 0 radical (unpaired) electrons. The molecule has 4 heteroatoms. The van der Waals surface area contributed by atoms with Crippen LogP contribution in [-0.2, 0) is 4.79 Å². The van der Waals surface area contributed by atoms with E-state index >= 15 is 0 Å². The van der Waals surface area contributed by atoms with E-state index in [1.165, 1.54) is 0 Å². The molecule has 0 aromatic heterocycles. The van der Waals surface area contributed by atoms with Crippen molar-refractivity contribution in [2.75, 3.05) is 11.9 Å². The number of benzene rings is 2. The molecule has 24 heavy (non-hydrogen) atoms. The van der Waals surface area contributed by atoms with Gasteiger partial charge < -0.3 is 10.2 Å². The number of amides is 2. The van der Waals surface area contributed by atoms with Gasteiger partial charge in [0.1, 0.15) is 6.04 Å². The van der Waals surface area contributed by atoms with E-state index in [0.717, 1.165) is 23.2 Å². The van der Waals surface area contributed by atoms with E-state index < -0.39 is 6.04 Å². The molecule has 1 unspecified atom stereocenters. The van der Waals surface area contributed by atoms with Gasteiger partial charge in [-0.1, -0.05) is 35.4 Å². The average molecular weight is 322 g/mol. The number of rotatable bonds is 3. The quantitative estimate of drug-likeness (QED) is 0.939. The Morgan fingerprint density at radius 3 is 2.50 bits per heavy atom. The number of anilines is 1. The lowest BCUT2D eigenvalue weighted by molar-refractivity contribution is -0.119. The van der Waals surface area contributed by atoms with Gasteiger partial charge in [0, 0.05) is 17.8 Å². The van der Waals surface area contributed by atoms with Crippen molar-refractivity contribution in [2.45, 2.75) is 32.7 Å². The maximum absolute atomic E-state index is 12.8. The molecule has 1 heterocycles. The molecule has 1 aliphatic rings. The second-order valence-corrected chi connectivity index (χ2v) is 6.38. The van der Waals surface area contributed by atoms with E-state index in [1.807, 2.05) is 62.4 Å². The van der Waals surface area contributed by atoms with Gasteiger partial charge in [-0.25, -0.2) is 0 Å². The van der Waals surface area contributed by atoms with Gasteiger partial charge in [0.25, 0.3) is 5.91 Å². The van der Waals surface area contributed by atoms with Crippen LogP contribution in [0.2, 0.25) is 0 Å². The SMILES string of the molecule is Cc1ccc(NC(=O)C2CCCN2C(=O)c2cccc(C)c2)cc1. The van der Waals surface area contributed by atoms with E-state index in [4.69, 9.17) is 0 Å². The minimum absolute atomic E-state index is 0.0692. The summed E-state index contributed by atoms with van der Waals surface area (Å²) in [4.78, 5) is 27.1. The van der Waals surface area contributed by atoms with Crippen molar-refractivity contribution in [3.05, 3.63) is 65.2 Å². The highest BCUT2D eigenvalue weighted by Crippen LogP contribution is 2.22. The summed E-state index contributed by atoms with van der Waals surface area (Å²) in [6.07, 6.45) is 1.55. The first-order valence-corrected chi connectivity index (χ1v) is 8.30. The zero-order chi connectivity index (χ0) is 17.1. The first kappa shape index (κ1) is 16.2. The zero-order valence-corrected chi connectivity index (χ0v) is 14.1. The van der Waals surface area contributed by atoms with E-state index in [1.54, 1.807) is 4.90 Å². The van der Waals surface area contributed by atoms with Crippen LogP contribution in [0.25, 0.3) is 0 Å². The molecular weight excluding hydrogens is 300 g/mol. The number of nitrogens with one attached hydrogen (secondary N) is 1. The Morgan fingerprint density at radius 2 is 1.79 bits per heavy atom. The largest absolute Gasteiger partial charge is 0.327 e. The van der Waals surface area contributed by atoms with Crippen LogP contribution in [0.4, 0.5) is 5.69 Å². The zero-order valence-electron chi connectivity index (χ0n) is 14.1. The maximum atomic E-state index is 12.8. The summed E-state index contributed by atoms with van der Waals surface area (Å²) in [6.45, 7) is 4.59. The molecular formula is C20H22N2O2. The van der Waals surface area contributed by atoms with Gasteiger partial charge in [-0.3, -0.25) is 9.59 Å².